The molecule has 1 rings (SSSR count). The second-order valence-electron chi connectivity index (χ2n) is 4.12. The largest absolute Gasteiger partial charge is 0.481 e. The minimum atomic E-state index is -3.02. The molecule has 1 aliphatic rings. The fourth-order valence-corrected chi connectivity index (χ4v) is 1.98. The third-order valence-electron chi connectivity index (χ3n) is 2.94. The number of aliphatic carboxylic acids is 1. The number of carboxylic acids is 1. The standard InChI is InChI=1S/C11H16F2O2/c1-8-5-3-2-4-6-9(7-10(14)15)11(8,12)13/h9H,1-7H2,(H,14,15). The topological polar surface area (TPSA) is 37.3 Å². The molecule has 0 heterocycles. The van der Waals surface area contributed by atoms with E-state index in [0.29, 0.717) is 12.8 Å². The average Bonchev–Trinajstić information content (AvgIpc) is 2.13. The van der Waals surface area contributed by atoms with Gasteiger partial charge in [-0.25, -0.2) is 8.78 Å². The molecule has 0 amide bonds. The lowest BCUT2D eigenvalue weighted by Gasteiger charge is -2.29. The fraction of sp³-hybridized carbons (Fsp3) is 0.727. The van der Waals surface area contributed by atoms with E-state index in [1.165, 1.54) is 0 Å². The van der Waals surface area contributed by atoms with Gasteiger partial charge in [0, 0.05) is 5.92 Å². The lowest BCUT2D eigenvalue weighted by molar-refractivity contribution is -0.142. The van der Waals surface area contributed by atoms with Gasteiger partial charge in [-0.2, -0.15) is 0 Å². The van der Waals surface area contributed by atoms with E-state index in [2.05, 4.69) is 6.58 Å². The van der Waals surface area contributed by atoms with Crippen molar-refractivity contribution in [2.75, 3.05) is 0 Å². The number of rotatable bonds is 2. The van der Waals surface area contributed by atoms with Gasteiger partial charge in [0.1, 0.15) is 0 Å². The van der Waals surface area contributed by atoms with Gasteiger partial charge in [0.2, 0.25) is 0 Å². The van der Waals surface area contributed by atoms with Crippen molar-refractivity contribution in [1.29, 1.82) is 0 Å². The van der Waals surface area contributed by atoms with Gasteiger partial charge in [0.15, 0.2) is 0 Å². The molecular weight excluding hydrogens is 202 g/mol. The zero-order valence-electron chi connectivity index (χ0n) is 8.64. The molecule has 0 bridgehead atoms. The van der Waals surface area contributed by atoms with E-state index in [9.17, 15) is 13.6 Å². The smallest absolute Gasteiger partial charge is 0.303 e. The van der Waals surface area contributed by atoms with Crippen LogP contribution in [-0.4, -0.2) is 17.0 Å². The van der Waals surface area contributed by atoms with Crippen molar-refractivity contribution in [3.8, 4) is 0 Å². The van der Waals surface area contributed by atoms with Crippen LogP contribution in [0.4, 0.5) is 8.78 Å². The Bertz CT molecular complexity index is 261. The van der Waals surface area contributed by atoms with Crippen LogP contribution in [0.15, 0.2) is 12.2 Å². The summed E-state index contributed by atoms with van der Waals surface area (Å²) >= 11 is 0. The van der Waals surface area contributed by atoms with Crippen molar-refractivity contribution in [1.82, 2.24) is 0 Å². The molecule has 1 unspecified atom stereocenters. The molecular formula is C11H16F2O2. The van der Waals surface area contributed by atoms with Gasteiger partial charge in [-0.05, 0) is 24.8 Å². The molecule has 2 nitrogen and oxygen atoms in total. The first-order valence-corrected chi connectivity index (χ1v) is 5.22. The molecule has 0 aromatic heterocycles. The van der Waals surface area contributed by atoms with Crippen molar-refractivity contribution < 1.29 is 18.7 Å². The fourth-order valence-electron chi connectivity index (χ4n) is 1.98. The lowest BCUT2D eigenvalue weighted by atomic mass is 9.83. The van der Waals surface area contributed by atoms with E-state index in [4.69, 9.17) is 5.11 Å². The second-order valence-corrected chi connectivity index (χ2v) is 4.12. The molecule has 0 aromatic rings. The molecule has 0 aliphatic heterocycles. The summed E-state index contributed by atoms with van der Waals surface area (Å²) in [5, 5.41) is 8.58. The molecule has 0 aromatic carbocycles. The van der Waals surface area contributed by atoms with Crippen molar-refractivity contribution >= 4 is 5.97 Å². The molecule has 1 atom stereocenters. The summed E-state index contributed by atoms with van der Waals surface area (Å²) in [4.78, 5) is 10.5. The zero-order chi connectivity index (χ0) is 11.5. The van der Waals surface area contributed by atoms with Gasteiger partial charge in [-0.1, -0.05) is 19.4 Å². The van der Waals surface area contributed by atoms with Crippen LogP contribution in [0.25, 0.3) is 0 Å². The van der Waals surface area contributed by atoms with Gasteiger partial charge >= 0.3 is 5.97 Å². The van der Waals surface area contributed by atoms with Crippen LogP contribution in [0.2, 0.25) is 0 Å². The summed E-state index contributed by atoms with van der Waals surface area (Å²) in [6.07, 6.45) is 2.41. The Morgan fingerprint density at radius 1 is 1.47 bits per heavy atom. The van der Waals surface area contributed by atoms with E-state index in [1.54, 1.807) is 0 Å². The van der Waals surface area contributed by atoms with Crippen molar-refractivity contribution in [3.05, 3.63) is 12.2 Å². The first kappa shape index (κ1) is 12.1. The van der Waals surface area contributed by atoms with Gasteiger partial charge in [-0.3, -0.25) is 4.79 Å². The molecule has 0 spiro atoms. The van der Waals surface area contributed by atoms with Gasteiger partial charge in [0.25, 0.3) is 5.92 Å². The van der Waals surface area contributed by atoms with Gasteiger partial charge < -0.3 is 5.11 Å². The molecule has 1 aliphatic carbocycles. The molecule has 86 valence electrons. The van der Waals surface area contributed by atoms with Crippen LogP contribution in [0.3, 0.4) is 0 Å². The highest BCUT2D eigenvalue weighted by Crippen LogP contribution is 2.40. The number of carboxylic acid groups (broad SMARTS) is 1. The number of allylic oxidation sites excluding steroid dienone is 1. The molecule has 0 radical (unpaired) electrons. The zero-order valence-corrected chi connectivity index (χ0v) is 8.64. The van der Waals surface area contributed by atoms with Crippen LogP contribution >= 0.6 is 0 Å². The van der Waals surface area contributed by atoms with E-state index in [1.807, 2.05) is 0 Å². The highest BCUT2D eigenvalue weighted by atomic mass is 19.3. The van der Waals surface area contributed by atoms with Crippen LogP contribution in [0.5, 0.6) is 0 Å². The number of carbonyl (C=O) groups is 1. The maximum atomic E-state index is 13.7. The minimum Gasteiger partial charge on any atom is -0.481 e. The van der Waals surface area contributed by atoms with Crippen LogP contribution in [0, 0.1) is 5.92 Å². The summed E-state index contributed by atoms with van der Waals surface area (Å²) in [6, 6.07) is 0. The lowest BCUT2D eigenvalue weighted by Crippen LogP contribution is -2.33. The summed E-state index contributed by atoms with van der Waals surface area (Å²) in [5.41, 5.74) is -0.103. The third-order valence-corrected chi connectivity index (χ3v) is 2.94. The van der Waals surface area contributed by atoms with Crippen LogP contribution in [-0.2, 0) is 4.79 Å². The Hall–Kier alpha value is -0.930. The Balaban J connectivity index is 2.78. The molecule has 15 heavy (non-hydrogen) atoms. The van der Waals surface area contributed by atoms with E-state index < -0.39 is 24.2 Å². The highest BCUT2D eigenvalue weighted by Gasteiger charge is 2.43. The first-order chi connectivity index (χ1) is 6.94. The summed E-state index contributed by atoms with van der Waals surface area (Å²) in [6.45, 7) is 3.38. The second kappa shape index (κ2) is 4.73. The summed E-state index contributed by atoms with van der Waals surface area (Å²) < 4.78 is 27.4. The predicted octanol–water partition coefficient (Wildman–Crippen LogP) is 3.23. The number of hydrogen-bond donors (Lipinski definition) is 1. The molecule has 4 heteroatoms. The quantitative estimate of drug-likeness (QED) is 0.722. The molecule has 1 saturated carbocycles. The molecule has 0 saturated heterocycles. The number of hydrogen-bond acceptors (Lipinski definition) is 1. The Morgan fingerprint density at radius 3 is 2.73 bits per heavy atom. The predicted molar refractivity (Wildman–Crippen MR) is 52.9 cm³/mol. The number of halogens is 2. The molecule has 1 N–H and O–H groups in total. The van der Waals surface area contributed by atoms with E-state index >= 15 is 0 Å². The van der Waals surface area contributed by atoms with Gasteiger partial charge in [0.05, 0.1) is 6.42 Å². The van der Waals surface area contributed by atoms with Crippen molar-refractivity contribution in [2.45, 2.75) is 44.4 Å². The Labute approximate surface area is 88.0 Å². The SMILES string of the molecule is C=C1CCCCCC(CC(=O)O)C1(F)F. The third kappa shape index (κ3) is 3.01. The van der Waals surface area contributed by atoms with E-state index in [-0.39, 0.29) is 12.0 Å². The summed E-state index contributed by atoms with van der Waals surface area (Å²) in [7, 11) is 0. The van der Waals surface area contributed by atoms with Crippen molar-refractivity contribution in [3.63, 3.8) is 0 Å². The number of alkyl halides is 2. The molecule has 1 fully saturated rings. The monoisotopic (exact) mass is 218 g/mol. The van der Waals surface area contributed by atoms with E-state index in [0.717, 1.165) is 12.8 Å². The summed E-state index contributed by atoms with van der Waals surface area (Å²) in [5.74, 6) is -5.26. The Kier molecular flexibility index (Phi) is 3.83. The van der Waals surface area contributed by atoms with Crippen LogP contribution < -0.4 is 0 Å². The average molecular weight is 218 g/mol. The van der Waals surface area contributed by atoms with Crippen LogP contribution in [0.1, 0.15) is 38.5 Å². The normalized spacial score (nSPS) is 26.8. The van der Waals surface area contributed by atoms with Gasteiger partial charge in [-0.15, -0.1) is 0 Å². The first-order valence-electron chi connectivity index (χ1n) is 5.22. The highest BCUT2D eigenvalue weighted by molar-refractivity contribution is 5.67. The van der Waals surface area contributed by atoms with Crippen molar-refractivity contribution in [2.24, 2.45) is 5.92 Å². The maximum absolute atomic E-state index is 13.7. The maximum Gasteiger partial charge on any atom is 0.303 e. The Morgan fingerprint density at radius 2 is 2.13 bits per heavy atom. The minimum absolute atomic E-state index is 0.103.